The zero-order valence-corrected chi connectivity index (χ0v) is 11.2. The molecule has 0 atom stereocenters. The van der Waals surface area contributed by atoms with Crippen molar-refractivity contribution in [2.24, 2.45) is 0 Å². The summed E-state index contributed by atoms with van der Waals surface area (Å²) in [5.41, 5.74) is 4.19. The Kier molecular flexibility index (Phi) is 3.32. The highest BCUT2D eigenvalue weighted by Crippen LogP contribution is 2.22. The number of hydrogen-bond acceptors (Lipinski definition) is 3. The molecule has 0 amide bonds. The third-order valence-corrected chi connectivity index (χ3v) is 3.84. The maximum Gasteiger partial charge on any atom is 0.0794 e. The molecule has 0 spiro atoms. The molecule has 0 radical (unpaired) electrons. The Morgan fingerprint density at radius 2 is 2.28 bits per heavy atom. The van der Waals surface area contributed by atoms with Gasteiger partial charge in [-0.25, -0.2) is 0 Å². The van der Waals surface area contributed by atoms with E-state index >= 15 is 0 Å². The molecule has 0 aliphatic heterocycles. The minimum absolute atomic E-state index is 0.758. The van der Waals surface area contributed by atoms with Crippen molar-refractivity contribution in [1.29, 1.82) is 0 Å². The first-order chi connectivity index (χ1) is 8.83. The molecule has 2 aromatic heterocycles. The zero-order valence-electron chi connectivity index (χ0n) is 9.61. The van der Waals surface area contributed by atoms with Crippen LogP contribution in [-0.4, -0.2) is 9.97 Å². The van der Waals surface area contributed by atoms with Crippen molar-refractivity contribution in [3.8, 4) is 0 Å². The summed E-state index contributed by atoms with van der Waals surface area (Å²) in [5.74, 6) is 0. The zero-order chi connectivity index (χ0) is 12.4. The molecule has 0 unspecified atom stereocenters. The van der Waals surface area contributed by atoms with Crippen molar-refractivity contribution < 1.29 is 0 Å². The van der Waals surface area contributed by atoms with Gasteiger partial charge in [-0.05, 0) is 17.7 Å². The molecule has 2 N–H and O–H groups in total. The Balaban J connectivity index is 1.71. The van der Waals surface area contributed by atoms with Crippen molar-refractivity contribution in [2.75, 3.05) is 0 Å². The van der Waals surface area contributed by atoms with Crippen LogP contribution in [-0.2, 0) is 13.1 Å². The third kappa shape index (κ3) is 2.41. The van der Waals surface area contributed by atoms with Gasteiger partial charge in [-0.15, -0.1) is 11.3 Å². The second-order valence-electron chi connectivity index (χ2n) is 4.08. The first-order valence-electron chi connectivity index (χ1n) is 5.66. The van der Waals surface area contributed by atoms with Gasteiger partial charge in [0.05, 0.1) is 5.51 Å². The maximum absolute atomic E-state index is 5.96. The third-order valence-electron chi connectivity index (χ3n) is 2.83. The molecule has 3 nitrogen and oxygen atoms in total. The summed E-state index contributed by atoms with van der Waals surface area (Å²) in [4.78, 5) is 8.54. The number of aromatic amines is 1. The predicted octanol–water partition coefficient (Wildman–Crippen LogP) is 3.57. The fourth-order valence-corrected chi connectivity index (χ4v) is 2.69. The average Bonchev–Trinajstić information content (AvgIpc) is 2.99. The molecule has 5 heteroatoms. The highest BCUT2D eigenvalue weighted by molar-refractivity contribution is 7.09. The van der Waals surface area contributed by atoms with E-state index in [1.54, 1.807) is 11.3 Å². The van der Waals surface area contributed by atoms with Crippen LogP contribution in [0.3, 0.4) is 0 Å². The molecule has 18 heavy (non-hydrogen) atoms. The molecule has 0 saturated heterocycles. The Hall–Kier alpha value is -1.36. The fourth-order valence-electron chi connectivity index (χ4n) is 1.95. The molecule has 2 heterocycles. The predicted molar refractivity (Wildman–Crippen MR) is 76.0 cm³/mol. The quantitative estimate of drug-likeness (QED) is 0.765. The van der Waals surface area contributed by atoms with Crippen LogP contribution in [0.1, 0.15) is 10.4 Å². The molecule has 3 rings (SSSR count). The Morgan fingerprint density at radius 1 is 1.33 bits per heavy atom. The van der Waals surface area contributed by atoms with Crippen LogP contribution in [0.15, 0.2) is 36.1 Å². The van der Waals surface area contributed by atoms with Crippen molar-refractivity contribution in [1.82, 2.24) is 15.3 Å². The van der Waals surface area contributed by atoms with Gasteiger partial charge < -0.3 is 10.3 Å². The fraction of sp³-hybridized carbons (Fsp3) is 0.154. The highest BCUT2D eigenvalue weighted by atomic mass is 35.5. The minimum atomic E-state index is 0.758. The molecule has 0 bridgehead atoms. The standard InChI is InChI=1S/C13H12ClN3S/c14-10-1-2-12-9(5-17-13(12)3-10)4-15-6-11-7-16-8-18-11/h1-3,5,7-8,15,17H,4,6H2. The Bertz CT molecular complexity index is 645. The van der Waals surface area contributed by atoms with Crippen LogP contribution in [0.2, 0.25) is 5.02 Å². The van der Waals surface area contributed by atoms with E-state index in [1.807, 2.05) is 30.0 Å². The first-order valence-corrected chi connectivity index (χ1v) is 6.92. The van der Waals surface area contributed by atoms with E-state index in [1.165, 1.54) is 15.8 Å². The SMILES string of the molecule is Clc1ccc2c(CNCc3cncs3)c[nH]c2c1. The van der Waals surface area contributed by atoms with Gasteiger partial charge >= 0.3 is 0 Å². The summed E-state index contributed by atoms with van der Waals surface area (Å²) in [7, 11) is 0. The van der Waals surface area contributed by atoms with Crippen LogP contribution < -0.4 is 5.32 Å². The molecule has 92 valence electrons. The van der Waals surface area contributed by atoms with Gasteiger partial charge in [-0.2, -0.15) is 0 Å². The van der Waals surface area contributed by atoms with Crippen molar-refractivity contribution in [3.05, 3.63) is 51.6 Å². The smallest absolute Gasteiger partial charge is 0.0794 e. The number of nitrogens with zero attached hydrogens (tertiary/aromatic N) is 1. The van der Waals surface area contributed by atoms with E-state index < -0.39 is 0 Å². The molecule has 1 aromatic carbocycles. The molecule has 0 saturated carbocycles. The lowest BCUT2D eigenvalue weighted by Gasteiger charge is -2.01. The topological polar surface area (TPSA) is 40.7 Å². The number of rotatable bonds is 4. The van der Waals surface area contributed by atoms with E-state index in [-0.39, 0.29) is 0 Å². The number of thiazole rings is 1. The Labute approximate surface area is 114 Å². The summed E-state index contributed by atoms with van der Waals surface area (Å²) in [5, 5.41) is 5.39. The molecule has 0 fully saturated rings. The van der Waals surface area contributed by atoms with Crippen LogP contribution in [0.4, 0.5) is 0 Å². The number of hydrogen-bond donors (Lipinski definition) is 2. The van der Waals surface area contributed by atoms with Crippen molar-refractivity contribution >= 4 is 33.8 Å². The van der Waals surface area contributed by atoms with Gasteiger partial charge in [0.25, 0.3) is 0 Å². The van der Waals surface area contributed by atoms with Gasteiger partial charge in [0.15, 0.2) is 0 Å². The number of H-pyrrole nitrogens is 1. The van der Waals surface area contributed by atoms with Gasteiger partial charge in [-0.3, -0.25) is 4.98 Å². The molecule has 0 aliphatic carbocycles. The van der Waals surface area contributed by atoms with E-state index in [2.05, 4.69) is 21.4 Å². The number of aromatic nitrogens is 2. The Morgan fingerprint density at radius 3 is 3.11 bits per heavy atom. The number of nitrogens with one attached hydrogen (secondary N) is 2. The van der Waals surface area contributed by atoms with Crippen LogP contribution in [0, 0.1) is 0 Å². The van der Waals surface area contributed by atoms with Crippen molar-refractivity contribution in [3.63, 3.8) is 0 Å². The minimum Gasteiger partial charge on any atom is -0.361 e. The van der Waals surface area contributed by atoms with Gasteiger partial charge in [0.1, 0.15) is 0 Å². The second kappa shape index (κ2) is 5.10. The summed E-state index contributed by atoms with van der Waals surface area (Å²) >= 11 is 7.63. The first kappa shape index (κ1) is 11.7. The van der Waals surface area contributed by atoms with Crippen LogP contribution in [0.25, 0.3) is 10.9 Å². The van der Waals surface area contributed by atoms with Crippen LogP contribution >= 0.6 is 22.9 Å². The normalized spacial score (nSPS) is 11.2. The van der Waals surface area contributed by atoms with E-state index in [4.69, 9.17) is 11.6 Å². The van der Waals surface area contributed by atoms with Crippen LogP contribution in [0.5, 0.6) is 0 Å². The van der Waals surface area contributed by atoms with E-state index in [0.29, 0.717) is 0 Å². The van der Waals surface area contributed by atoms with E-state index in [0.717, 1.165) is 23.6 Å². The number of halogens is 1. The molecule has 3 aromatic rings. The monoisotopic (exact) mass is 277 g/mol. The summed E-state index contributed by atoms with van der Waals surface area (Å²) in [6, 6.07) is 5.92. The number of fused-ring (bicyclic) bond motifs is 1. The largest absolute Gasteiger partial charge is 0.361 e. The second-order valence-corrected chi connectivity index (χ2v) is 5.48. The van der Waals surface area contributed by atoms with Gasteiger partial charge in [0, 0.05) is 46.3 Å². The highest BCUT2D eigenvalue weighted by Gasteiger charge is 2.04. The van der Waals surface area contributed by atoms with Crippen molar-refractivity contribution in [2.45, 2.75) is 13.1 Å². The molecule has 0 aliphatic rings. The van der Waals surface area contributed by atoms with Gasteiger partial charge in [-0.1, -0.05) is 17.7 Å². The lowest BCUT2D eigenvalue weighted by molar-refractivity contribution is 0.703. The van der Waals surface area contributed by atoms with Gasteiger partial charge in [0.2, 0.25) is 0 Å². The average molecular weight is 278 g/mol. The number of benzene rings is 1. The lowest BCUT2D eigenvalue weighted by atomic mass is 10.2. The molecular weight excluding hydrogens is 266 g/mol. The van der Waals surface area contributed by atoms with E-state index in [9.17, 15) is 0 Å². The maximum atomic E-state index is 5.96. The lowest BCUT2D eigenvalue weighted by Crippen LogP contribution is -2.11. The molecular formula is C13H12ClN3S. The summed E-state index contributed by atoms with van der Waals surface area (Å²) in [6.45, 7) is 1.68. The summed E-state index contributed by atoms with van der Waals surface area (Å²) in [6.07, 6.45) is 3.92. The summed E-state index contributed by atoms with van der Waals surface area (Å²) < 4.78 is 0.